The molecule has 192 valence electrons. The predicted octanol–water partition coefficient (Wildman–Crippen LogP) is 7.85. The fraction of sp³-hybridized carbons (Fsp3) is 0.0667. The Labute approximate surface area is 248 Å². The van der Waals surface area contributed by atoms with E-state index in [1.165, 1.54) is 12.1 Å². The molecule has 4 aromatic carbocycles. The monoisotopic (exact) mass is 582 g/mol. The van der Waals surface area contributed by atoms with Crippen LogP contribution in [-0.2, 0) is 41.7 Å². The van der Waals surface area contributed by atoms with Gasteiger partial charge < -0.3 is 35.9 Å². The number of hydrogen-bond donors (Lipinski definition) is 0. The van der Waals surface area contributed by atoms with Gasteiger partial charge in [-0.15, -0.1) is 12.1 Å². The first-order valence-corrected chi connectivity index (χ1v) is 12.1. The summed E-state index contributed by atoms with van der Waals surface area (Å²) >= 11 is 11.0. The number of hydrogen-bond acceptors (Lipinski definition) is 5. The van der Waals surface area contributed by atoms with Gasteiger partial charge in [0.2, 0.25) is 0 Å². The van der Waals surface area contributed by atoms with Crippen molar-refractivity contribution in [1.82, 2.24) is 0 Å². The summed E-state index contributed by atoms with van der Waals surface area (Å²) in [6.45, 7) is 7.55. The molecule has 9 heteroatoms. The Morgan fingerprint density at radius 1 is 0.641 bits per heavy atom. The van der Waals surface area contributed by atoms with Crippen molar-refractivity contribution in [2.75, 3.05) is 0 Å². The maximum Gasteiger partial charge on any atom is 0.188 e. The van der Waals surface area contributed by atoms with Gasteiger partial charge in [-0.25, -0.2) is 4.85 Å². The van der Waals surface area contributed by atoms with Crippen LogP contribution in [0.1, 0.15) is 39.9 Å². The van der Waals surface area contributed by atoms with E-state index in [1.807, 2.05) is 24.3 Å². The molecule has 0 N–H and O–H groups in total. The molecule has 0 saturated heterocycles. The molecule has 2 unspecified atom stereocenters. The van der Waals surface area contributed by atoms with E-state index < -0.39 is 12.1 Å². The summed E-state index contributed by atoms with van der Waals surface area (Å²) in [5.74, 6) is 0. The Kier molecular flexibility index (Phi) is 9.83. The van der Waals surface area contributed by atoms with Crippen LogP contribution >= 0.6 is 0 Å². The molecule has 0 aliphatic heterocycles. The van der Waals surface area contributed by atoms with Gasteiger partial charge in [0.05, 0.1) is 35.9 Å². The fourth-order valence-corrected chi connectivity index (χ4v) is 4.37. The molecular weight excluding hydrogens is 567 g/mol. The molecule has 0 amide bonds. The van der Waals surface area contributed by atoms with Crippen molar-refractivity contribution in [3.63, 3.8) is 0 Å². The molecule has 4 rings (SSSR count). The molecule has 0 bridgehead atoms. The van der Waals surface area contributed by atoms with Gasteiger partial charge in [0, 0.05) is 22.1 Å². The molecule has 0 aliphatic carbocycles. The van der Waals surface area contributed by atoms with Crippen LogP contribution in [-0.4, -0.2) is 0 Å². The Balaban J connectivity index is 0.00000420. The summed E-state index contributed by atoms with van der Waals surface area (Å²) in [6.07, 6.45) is 0. The average molecular weight is 583 g/mol. The molecule has 0 heterocycles. The van der Waals surface area contributed by atoms with Gasteiger partial charge >= 0.3 is 0 Å². The number of nitriles is 3. The number of para-hydroxylation sites is 2. The topological polar surface area (TPSA) is 104 Å². The van der Waals surface area contributed by atoms with E-state index in [0.29, 0.717) is 49.0 Å². The second-order valence-corrected chi connectivity index (χ2v) is 9.07. The summed E-state index contributed by atoms with van der Waals surface area (Å²) in [5, 5.41) is 38.9. The first kappa shape index (κ1) is 28.9. The summed E-state index contributed by atoms with van der Waals surface area (Å²) in [5.41, 5.74) is 3.33. The van der Waals surface area contributed by atoms with Crippen LogP contribution in [0.3, 0.4) is 0 Å². The van der Waals surface area contributed by atoms with E-state index in [2.05, 4.69) is 23.1 Å². The fourth-order valence-electron chi connectivity index (χ4n) is 3.97. The van der Waals surface area contributed by atoms with Gasteiger partial charge in [-0.1, -0.05) is 65.7 Å². The van der Waals surface area contributed by atoms with Crippen molar-refractivity contribution in [2.24, 2.45) is 0 Å². The summed E-state index contributed by atoms with van der Waals surface area (Å²) < 4.78 is 0. The molecule has 0 radical (unpaired) electrons. The Hall–Kier alpha value is -4.63. The van der Waals surface area contributed by atoms with Gasteiger partial charge in [0.25, 0.3) is 0 Å². The molecule has 0 aromatic heterocycles. The normalized spacial score (nSPS) is 11.3. The maximum absolute atomic E-state index is 9.65. The van der Waals surface area contributed by atoms with E-state index in [4.69, 9.17) is 42.5 Å². The second-order valence-electron chi connectivity index (χ2n) is 8.19. The van der Waals surface area contributed by atoms with Crippen LogP contribution < -0.4 is 0 Å². The maximum atomic E-state index is 9.65. The largest absolute Gasteiger partial charge is 0.781 e. The first-order chi connectivity index (χ1) is 18.4. The summed E-state index contributed by atoms with van der Waals surface area (Å²) in [4.78, 5) is 4.57. The van der Waals surface area contributed by atoms with Crippen LogP contribution in [0.25, 0.3) is 15.5 Å². The molecule has 0 aliphatic rings. The minimum atomic E-state index is -0.776. The SMILES string of the molecule is [C-]#[N+]c1cc(C#N)cc(C([N-]c2ccccc2[S-])C([N-]c2ccccc2[S-])c2cc(C#N)cc(C#N)c2)c1.[Ni]. The molecular formula is C30H16N6NiS2-4. The van der Waals surface area contributed by atoms with E-state index in [1.54, 1.807) is 48.5 Å². The zero-order valence-corrected chi connectivity index (χ0v) is 22.7. The van der Waals surface area contributed by atoms with Crippen LogP contribution in [0, 0.1) is 40.6 Å². The molecule has 2 atom stereocenters. The van der Waals surface area contributed by atoms with Crippen molar-refractivity contribution in [1.29, 1.82) is 15.8 Å². The number of nitrogens with zero attached hydrogens (tertiary/aromatic N) is 6. The van der Waals surface area contributed by atoms with Gasteiger partial charge in [-0.2, -0.15) is 37.0 Å². The van der Waals surface area contributed by atoms with Gasteiger partial charge in [0.1, 0.15) is 0 Å². The van der Waals surface area contributed by atoms with Crippen LogP contribution in [0.5, 0.6) is 0 Å². The predicted molar refractivity (Wildman–Crippen MR) is 149 cm³/mol. The van der Waals surface area contributed by atoms with Crippen molar-refractivity contribution in [2.45, 2.75) is 21.9 Å². The van der Waals surface area contributed by atoms with Crippen molar-refractivity contribution >= 4 is 42.3 Å². The van der Waals surface area contributed by atoms with E-state index >= 15 is 0 Å². The van der Waals surface area contributed by atoms with E-state index in [0.717, 1.165) is 0 Å². The molecule has 0 fully saturated rings. The standard InChI is InChI=1S/C30H18N6S2.Ni/c1-34-24-14-21(18-33)13-23(15-24)30(36-26-7-3-5-9-28(26)38)29(35-25-6-2-4-8-27(25)37)22-11-19(16-31)10-20(12-22)17-32;/h2-15,29-30,37-38H;/q-2;/p-2. The molecule has 0 spiro atoms. The smallest absolute Gasteiger partial charge is 0.188 e. The summed E-state index contributed by atoms with van der Waals surface area (Å²) in [7, 11) is 0. The van der Waals surface area contributed by atoms with Crippen LogP contribution in [0.4, 0.5) is 17.1 Å². The van der Waals surface area contributed by atoms with Gasteiger partial charge in [-0.05, 0) is 30.3 Å². The van der Waals surface area contributed by atoms with Gasteiger partial charge in [-0.3, -0.25) is 0 Å². The molecule has 4 aromatic rings. The first-order valence-electron chi connectivity index (χ1n) is 11.3. The Bertz CT molecular complexity index is 1490. The van der Waals surface area contributed by atoms with E-state index in [-0.39, 0.29) is 22.2 Å². The third kappa shape index (κ3) is 6.83. The minimum absolute atomic E-state index is 0. The third-order valence-electron chi connectivity index (χ3n) is 5.68. The number of rotatable bonds is 7. The molecule has 0 saturated carbocycles. The minimum Gasteiger partial charge on any atom is -0.781 e. The quantitative estimate of drug-likeness (QED) is 0.125. The Morgan fingerprint density at radius 2 is 1.05 bits per heavy atom. The van der Waals surface area contributed by atoms with Crippen molar-refractivity contribution in [3.8, 4) is 18.2 Å². The third-order valence-corrected chi connectivity index (χ3v) is 6.37. The molecule has 39 heavy (non-hydrogen) atoms. The van der Waals surface area contributed by atoms with Crippen molar-refractivity contribution in [3.05, 3.63) is 135 Å². The average Bonchev–Trinajstić information content (AvgIpc) is 2.96. The van der Waals surface area contributed by atoms with E-state index in [9.17, 15) is 15.8 Å². The van der Waals surface area contributed by atoms with Crippen LogP contribution in [0.2, 0.25) is 0 Å². The second kappa shape index (κ2) is 13.3. The Morgan fingerprint density at radius 3 is 1.46 bits per heavy atom. The van der Waals surface area contributed by atoms with Crippen molar-refractivity contribution < 1.29 is 16.5 Å². The zero-order chi connectivity index (χ0) is 27.1. The summed E-state index contributed by atoms with van der Waals surface area (Å²) in [6, 6.07) is 28.8. The molecule has 6 nitrogen and oxygen atoms in total. The van der Waals surface area contributed by atoms with Crippen LogP contribution in [0.15, 0.2) is 94.7 Å². The number of benzene rings is 4. The van der Waals surface area contributed by atoms with Gasteiger partial charge in [0.15, 0.2) is 5.69 Å². The zero-order valence-electron chi connectivity index (χ0n) is 20.1.